The van der Waals surface area contributed by atoms with Gasteiger partial charge in [0.2, 0.25) is 0 Å². The van der Waals surface area contributed by atoms with Gasteiger partial charge in [-0.2, -0.15) is 0 Å². The van der Waals surface area contributed by atoms with Crippen molar-refractivity contribution in [2.24, 2.45) is 0 Å². The minimum atomic E-state index is -0.832. The summed E-state index contributed by atoms with van der Waals surface area (Å²) in [6, 6.07) is 0. The van der Waals surface area contributed by atoms with Crippen LogP contribution in [-0.2, 0) is 28.6 Å². The van der Waals surface area contributed by atoms with E-state index < -0.39 is 6.10 Å². The summed E-state index contributed by atoms with van der Waals surface area (Å²) < 4.78 is 16.7. The highest BCUT2D eigenvalue weighted by molar-refractivity contribution is 5.71. The third kappa shape index (κ3) is 53.8. The first kappa shape index (κ1) is 64.0. The molecule has 0 radical (unpaired) electrons. The lowest BCUT2D eigenvalue weighted by atomic mass is 10.1. The summed E-state index contributed by atoms with van der Waals surface area (Å²) in [6.45, 7) is 6.15. The maximum Gasteiger partial charge on any atom is 0.306 e. The van der Waals surface area contributed by atoms with E-state index in [0.717, 1.165) is 116 Å². The fourth-order valence-electron chi connectivity index (χ4n) is 6.69. The molecule has 0 amide bonds. The second-order valence-electron chi connectivity index (χ2n) is 17.1. The maximum absolute atomic E-state index is 12.8. The van der Waals surface area contributed by atoms with Crippen LogP contribution in [0.15, 0.2) is 158 Å². The topological polar surface area (TPSA) is 78.9 Å². The first-order valence-electron chi connectivity index (χ1n) is 27.1. The minimum Gasteiger partial charge on any atom is -0.462 e. The lowest BCUT2D eigenvalue weighted by Gasteiger charge is -2.18. The predicted octanol–water partition coefficient (Wildman–Crippen LogP) is 18.2. The molecule has 0 aromatic rings. The molecule has 6 heteroatoms. The summed E-state index contributed by atoms with van der Waals surface area (Å²) in [7, 11) is 0. The number of esters is 3. The Hall–Kier alpha value is -4.97. The maximum atomic E-state index is 12.8. The van der Waals surface area contributed by atoms with Crippen LogP contribution in [0.1, 0.15) is 201 Å². The summed E-state index contributed by atoms with van der Waals surface area (Å²) in [6.07, 6.45) is 80.9. The van der Waals surface area contributed by atoms with Crippen LogP contribution in [0.2, 0.25) is 0 Å². The van der Waals surface area contributed by atoms with Gasteiger partial charge in [0.1, 0.15) is 13.2 Å². The zero-order chi connectivity index (χ0) is 50.0. The molecule has 0 heterocycles. The highest BCUT2D eigenvalue weighted by atomic mass is 16.6. The molecule has 0 aliphatic heterocycles. The van der Waals surface area contributed by atoms with E-state index in [-0.39, 0.29) is 37.5 Å². The molecule has 0 bridgehead atoms. The Morgan fingerprint density at radius 2 is 0.609 bits per heavy atom. The molecule has 384 valence electrons. The van der Waals surface area contributed by atoms with Crippen LogP contribution in [0.5, 0.6) is 0 Å². The van der Waals surface area contributed by atoms with Crippen molar-refractivity contribution in [3.63, 3.8) is 0 Å². The Morgan fingerprint density at radius 3 is 1.04 bits per heavy atom. The molecule has 0 aromatic heterocycles. The Morgan fingerprint density at radius 1 is 0.304 bits per heavy atom. The summed E-state index contributed by atoms with van der Waals surface area (Å²) >= 11 is 0. The molecule has 0 spiro atoms. The fourth-order valence-corrected chi connectivity index (χ4v) is 6.69. The van der Waals surface area contributed by atoms with Crippen molar-refractivity contribution in [2.75, 3.05) is 13.2 Å². The smallest absolute Gasteiger partial charge is 0.306 e. The quantitative estimate of drug-likeness (QED) is 0.0199. The predicted molar refractivity (Wildman–Crippen MR) is 297 cm³/mol. The lowest BCUT2D eigenvalue weighted by molar-refractivity contribution is -0.167. The van der Waals surface area contributed by atoms with Crippen LogP contribution < -0.4 is 0 Å². The second-order valence-corrected chi connectivity index (χ2v) is 17.1. The molecule has 0 N–H and O–H groups in total. The number of allylic oxidation sites excluding steroid dienone is 26. The van der Waals surface area contributed by atoms with Gasteiger partial charge >= 0.3 is 17.9 Å². The Bertz CT molecular complexity index is 1610. The number of carbonyl (C=O) groups excluding carboxylic acids is 3. The summed E-state index contributed by atoms with van der Waals surface area (Å²) in [5.74, 6) is -1.05. The van der Waals surface area contributed by atoms with E-state index in [9.17, 15) is 14.4 Å². The van der Waals surface area contributed by atoms with Crippen LogP contribution in [0.4, 0.5) is 0 Å². The van der Waals surface area contributed by atoms with Crippen LogP contribution in [-0.4, -0.2) is 37.2 Å². The average Bonchev–Trinajstić information content (AvgIpc) is 3.35. The van der Waals surface area contributed by atoms with Gasteiger partial charge in [-0.1, -0.05) is 230 Å². The molecule has 1 unspecified atom stereocenters. The van der Waals surface area contributed by atoms with Crippen molar-refractivity contribution >= 4 is 17.9 Å². The van der Waals surface area contributed by atoms with Gasteiger partial charge < -0.3 is 14.2 Å². The van der Waals surface area contributed by atoms with Crippen LogP contribution in [0.3, 0.4) is 0 Å². The SMILES string of the molecule is CC\C=C/C=C\C=C/C=C\C=C/CCCC(=O)OCC(COC(=O)CCCCC/C=C\C/C=C\C/C=C\C/C=C\C/C=C\CC)OC(=O)CCCCCCCCCCC/C=C\C/C=C\C/C=C\CC. The van der Waals surface area contributed by atoms with Crippen molar-refractivity contribution in [1.82, 2.24) is 0 Å². The Balaban J connectivity index is 4.55. The molecule has 69 heavy (non-hydrogen) atoms. The molecule has 0 saturated carbocycles. The largest absolute Gasteiger partial charge is 0.462 e. The first-order chi connectivity index (χ1) is 34.0. The third-order valence-electron chi connectivity index (χ3n) is 10.6. The number of hydrogen-bond acceptors (Lipinski definition) is 6. The summed E-state index contributed by atoms with van der Waals surface area (Å²) in [5.41, 5.74) is 0. The van der Waals surface area contributed by atoms with Gasteiger partial charge in [-0.25, -0.2) is 0 Å². The molecule has 1 atom stereocenters. The van der Waals surface area contributed by atoms with Crippen molar-refractivity contribution in [3.8, 4) is 0 Å². The van der Waals surface area contributed by atoms with Crippen molar-refractivity contribution in [3.05, 3.63) is 158 Å². The van der Waals surface area contributed by atoms with Gasteiger partial charge in [0.15, 0.2) is 6.10 Å². The molecule has 0 fully saturated rings. The van der Waals surface area contributed by atoms with Gasteiger partial charge in [-0.15, -0.1) is 0 Å². The van der Waals surface area contributed by atoms with E-state index >= 15 is 0 Å². The normalized spacial score (nSPS) is 13.4. The van der Waals surface area contributed by atoms with E-state index in [4.69, 9.17) is 14.2 Å². The van der Waals surface area contributed by atoms with Gasteiger partial charge in [-0.05, 0) is 109 Å². The van der Waals surface area contributed by atoms with E-state index in [1.165, 1.54) is 38.5 Å². The molecular formula is C63H96O6. The highest BCUT2D eigenvalue weighted by Gasteiger charge is 2.19. The van der Waals surface area contributed by atoms with E-state index in [0.29, 0.717) is 19.3 Å². The third-order valence-corrected chi connectivity index (χ3v) is 10.6. The van der Waals surface area contributed by atoms with Gasteiger partial charge in [0.05, 0.1) is 0 Å². The van der Waals surface area contributed by atoms with Crippen molar-refractivity contribution in [1.29, 1.82) is 0 Å². The Kier molecular flexibility index (Phi) is 51.6. The van der Waals surface area contributed by atoms with E-state index in [1.807, 2.05) is 54.7 Å². The molecule has 0 aliphatic carbocycles. The van der Waals surface area contributed by atoms with Crippen LogP contribution in [0, 0.1) is 0 Å². The molecule has 6 nitrogen and oxygen atoms in total. The van der Waals surface area contributed by atoms with Crippen molar-refractivity contribution < 1.29 is 28.6 Å². The first-order valence-corrected chi connectivity index (χ1v) is 27.1. The number of rotatable bonds is 46. The summed E-state index contributed by atoms with van der Waals surface area (Å²) in [5, 5.41) is 0. The second kappa shape index (κ2) is 55.6. The molecule has 0 saturated heterocycles. The highest BCUT2D eigenvalue weighted by Crippen LogP contribution is 2.13. The van der Waals surface area contributed by atoms with Crippen molar-refractivity contribution in [2.45, 2.75) is 207 Å². The standard InChI is InChI=1S/C63H96O6/c1-4-7-10-13-16-19-22-25-27-29-31-33-35-38-41-44-47-50-53-56-62(65)68-59-60(58-67-61(64)55-52-49-46-43-40-37-24-21-18-15-12-9-6-3)69-63(66)57-54-51-48-45-42-39-36-34-32-30-28-26-23-20-17-14-11-8-5-2/h7-12,15-21,24-28,31,33,37-38,40-41,43,46,60H,4-6,13-14,22-23,29-30,32,34-36,39,42,44-45,47-59H2,1-3H3/b10-7-,11-8-,12-9-,18-15-,19-16-,20-17-,24-21-,27-25-,28-26-,33-31-,40-37-,41-38-,46-43-. The number of carbonyl (C=O) groups is 3. The number of ether oxygens (including phenoxy) is 3. The zero-order valence-electron chi connectivity index (χ0n) is 43.8. The van der Waals surface area contributed by atoms with Crippen LogP contribution >= 0.6 is 0 Å². The lowest BCUT2D eigenvalue weighted by Crippen LogP contribution is -2.30. The van der Waals surface area contributed by atoms with Gasteiger partial charge in [0.25, 0.3) is 0 Å². The van der Waals surface area contributed by atoms with E-state index in [1.54, 1.807) is 0 Å². The molecule has 0 aliphatic rings. The fraction of sp³-hybridized carbons (Fsp3) is 0.540. The molecular weight excluding hydrogens is 853 g/mol. The summed E-state index contributed by atoms with van der Waals surface area (Å²) in [4.78, 5) is 38.1. The van der Waals surface area contributed by atoms with Crippen LogP contribution in [0.25, 0.3) is 0 Å². The Labute approximate surface area is 422 Å². The number of hydrogen-bond donors (Lipinski definition) is 0. The molecule has 0 rings (SSSR count). The average molecular weight is 949 g/mol. The monoisotopic (exact) mass is 949 g/mol. The van der Waals surface area contributed by atoms with E-state index in [2.05, 4.69) is 124 Å². The minimum absolute atomic E-state index is 0.128. The van der Waals surface area contributed by atoms with Gasteiger partial charge in [0, 0.05) is 19.3 Å². The number of unbranched alkanes of at least 4 members (excludes halogenated alkanes) is 13. The van der Waals surface area contributed by atoms with Gasteiger partial charge in [-0.3, -0.25) is 14.4 Å². The molecule has 0 aromatic carbocycles. The zero-order valence-corrected chi connectivity index (χ0v) is 43.8.